The first kappa shape index (κ1) is 35.9. The van der Waals surface area contributed by atoms with Gasteiger partial charge in [0.25, 0.3) is 0 Å². The molecule has 2 aromatic heterocycles. The molecule has 0 aromatic carbocycles. The van der Waals surface area contributed by atoms with E-state index in [9.17, 15) is 9.59 Å². The zero-order valence-electron chi connectivity index (χ0n) is 29.6. The number of rotatable bonds is 7. The third-order valence-electron chi connectivity index (χ3n) is 10.0. The Kier molecular flexibility index (Phi) is 11.6. The van der Waals surface area contributed by atoms with Crippen LogP contribution in [0, 0.1) is 17.3 Å². The smallest absolute Gasteiger partial charge is 0.410 e. The second-order valence-electron chi connectivity index (χ2n) is 15.7. The van der Waals surface area contributed by atoms with Crippen molar-refractivity contribution in [2.24, 2.45) is 28.7 Å². The number of hydrogen-bond donors (Lipinski definition) is 2. The maximum atomic E-state index is 12.6. The number of piperidine rings is 2. The molecule has 258 valence electrons. The van der Waals surface area contributed by atoms with Gasteiger partial charge in [0.05, 0.1) is 24.5 Å². The third kappa shape index (κ3) is 8.91. The summed E-state index contributed by atoms with van der Waals surface area (Å²) in [5.74, 6) is 1.17. The summed E-state index contributed by atoms with van der Waals surface area (Å²) >= 11 is 0. The summed E-state index contributed by atoms with van der Waals surface area (Å²) in [6, 6.07) is 0.776. The quantitative estimate of drug-likeness (QED) is 0.378. The molecular formula is C35H60N8O3. The van der Waals surface area contributed by atoms with E-state index in [0.29, 0.717) is 42.9 Å². The SMILES string of the molecule is CC(C)C(N)c1cnn(C2CCN(C(=O)C3(C)CCC3)CC2)c1.CC(C)C(N)c1cnn(C2CCN(C(=O)OC(C)(C)C)CC2)c1. The van der Waals surface area contributed by atoms with E-state index in [-0.39, 0.29) is 23.6 Å². The monoisotopic (exact) mass is 640 g/mol. The van der Waals surface area contributed by atoms with Crippen LogP contribution in [0.2, 0.25) is 0 Å². The normalized spacial score (nSPS) is 20.6. The first-order valence-electron chi connectivity index (χ1n) is 17.4. The summed E-state index contributed by atoms with van der Waals surface area (Å²) in [5, 5.41) is 9.00. The Hall–Kier alpha value is -2.92. The van der Waals surface area contributed by atoms with Crippen LogP contribution in [0.1, 0.15) is 136 Å². The van der Waals surface area contributed by atoms with Gasteiger partial charge in [0, 0.05) is 67.2 Å². The molecule has 4 N–H and O–H groups in total. The zero-order valence-corrected chi connectivity index (χ0v) is 29.6. The molecule has 46 heavy (non-hydrogen) atoms. The fourth-order valence-electron chi connectivity index (χ4n) is 6.49. The molecule has 4 heterocycles. The summed E-state index contributed by atoms with van der Waals surface area (Å²) in [4.78, 5) is 28.5. The van der Waals surface area contributed by atoms with E-state index < -0.39 is 5.60 Å². The molecule has 1 saturated carbocycles. The van der Waals surface area contributed by atoms with Crippen molar-refractivity contribution < 1.29 is 14.3 Å². The lowest BCUT2D eigenvalue weighted by Crippen LogP contribution is -2.49. The lowest BCUT2D eigenvalue weighted by atomic mass is 9.69. The van der Waals surface area contributed by atoms with Gasteiger partial charge in [-0.25, -0.2) is 4.79 Å². The Morgan fingerprint density at radius 1 is 0.804 bits per heavy atom. The molecule has 11 heteroatoms. The second kappa shape index (κ2) is 14.9. The van der Waals surface area contributed by atoms with Gasteiger partial charge in [-0.1, -0.05) is 41.0 Å². The lowest BCUT2D eigenvalue weighted by molar-refractivity contribution is -0.147. The number of carbonyl (C=O) groups is 2. The Bertz CT molecular complexity index is 1270. The van der Waals surface area contributed by atoms with Gasteiger partial charge in [0.1, 0.15) is 5.60 Å². The summed E-state index contributed by atoms with van der Waals surface area (Å²) in [6.45, 7) is 19.4. The van der Waals surface area contributed by atoms with Crippen LogP contribution >= 0.6 is 0 Å². The number of likely N-dealkylation sites (tertiary alicyclic amines) is 2. The van der Waals surface area contributed by atoms with Gasteiger partial charge in [-0.15, -0.1) is 0 Å². The van der Waals surface area contributed by atoms with Gasteiger partial charge in [0.15, 0.2) is 0 Å². The van der Waals surface area contributed by atoms with Crippen LogP contribution in [0.25, 0.3) is 0 Å². The summed E-state index contributed by atoms with van der Waals surface area (Å²) in [7, 11) is 0. The van der Waals surface area contributed by atoms with Gasteiger partial charge < -0.3 is 26.0 Å². The van der Waals surface area contributed by atoms with Gasteiger partial charge in [-0.3, -0.25) is 14.2 Å². The van der Waals surface area contributed by atoms with Crippen molar-refractivity contribution in [1.82, 2.24) is 29.4 Å². The summed E-state index contributed by atoms with van der Waals surface area (Å²) < 4.78 is 9.49. The molecule has 2 aromatic rings. The van der Waals surface area contributed by atoms with Gasteiger partial charge in [-0.05, 0) is 71.1 Å². The van der Waals surface area contributed by atoms with Crippen molar-refractivity contribution in [1.29, 1.82) is 0 Å². The van der Waals surface area contributed by atoms with Gasteiger partial charge in [-0.2, -0.15) is 10.2 Å². The van der Waals surface area contributed by atoms with E-state index in [2.05, 4.69) is 66.8 Å². The van der Waals surface area contributed by atoms with Crippen molar-refractivity contribution in [2.45, 2.75) is 130 Å². The highest BCUT2D eigenvalue weighted by Crippen LogP contribution is 2.42. The van der Waals surface area contributed by atoms with E-state index in [1.54, 1.807) is 4.90 Å². The largest absolute Gasteiger partial charge is 0.444 e. The van der Waals surface area contributed by atoms with Crippen molar-refractivity contribution in [2.75, 3.05) is 26.2 Å². The molecule has 2 amide bonds. The first-order valence-corrected chi connectivity index (χ1v) is 17.4. The maximum absolute atomic E-state index is 12.6. The van der Waals surface area contributed by atoms with Crippen LogP contribution in [0.15, 0.2) is 24.8 Å². The maximum Gasteiger partial charge on any atom is 0.410 e. The van der Waals surface area contributed by atoms with Crippen molar-refractivity contribution >= 4 is 12.0 Å². The molecule has 0 radical (unpaired) electrons. The fourth-order valence-corrected chi connectivity index (χ4v) is 6.49. The molecule has 2 aliphatic heterocycles. The van der Waals surface area contributed by atoms with Crippen LogP contribution in [0.5, 0.6) is 0 Å². The van der Waals surface area contributed by atoms with E-state index in [0.717, 1.165) is 62.7 Å². The first-order chi connectivity index (χ1) is 21.6. The summed E-state index contributed by atoms with van der Waals surface area (Å²) in [5.41, 5.74) is 14.1. The minimum atomic E-state index is -0.447. The van der Waals surface area contributed by atoms with E-state index >= 15 is 0 Å². The lowest BCUT2D eigenvalue weighted by Gasteiger charge is -2.43. The molecule has 2 saturated heterocycles. The molecule has 5 rings (SSSR count). The average molecular weight is 641 g/mol. The highest BCUT2D eigenvalue weighted by molar-refractivity contribution is 5.83. The van der Waals surface area contributed by atoms with Crippen molar-refractivity contribution in [3.63, 3.8) is 0 Å². The number of carbonyl (C=O) groups excluding carboxylic acids is 2. The number of amides is 2. The molecular weight excluding hydrogens is 580 g/mol. The fraction of sp³-hybridized carbons (Fsp3) is 0.771. The second-order valence-corrected chi connectivity index (χ2v) is 15.7. The van der Waals surface area contributed by atoms with Crippen molar-refractivity contribution in [3.8, 4) is 0 Å². The van der Waals surface area contributed by atoms with E-state index in [1.807, 2.05) is 37.8 Å². The zero-order chi connectivity index (χ0) is 33.8. The molecule has 11 nitrogen and oxygen atoms in total. The number of nitrogens with zero attached hydrogens (tertiary/aromatic N) is 6. The molecule has 3 fully saturated rings. The number of aromatic nitrogens is 4. The van der Waals surface area contributed by atoms with Crippen molar-refractivity contribution in [3.05, 3.63) is 35.9 Å². The molecule has 0 spiro atoms. The van der Waals surface area contributed by atoms with E-state index in [1.165, 1.54) is 6.42 Å². The predicted octanol–water partition coefficient (Wildman–Crippen LogP) is 6.00. The highest BCUT2D eigenvalue weighted by Gasteiger charge is 2.42. The number of nitrogens with two attached hydrogens (primary N) is 2. The standard InChI is InChI=1S/C18H30N4O.C17H30N4O2/c1-13(2)16(19)14-11-20-22(12-14)15-5-9-21(10-6-15)17(23)18(3)7-4-8-18;1-12(2)15(18)13-10-19-21(11-13)14-6-8-20(9-7-14)16(22)23-17(3,4)5/h11-13,15-16H,4-10,19H2,1-3H3;10-12,14-15H,6-9,18H2,1-5H3. The van der Waals surface area contributed by atoms with Crippen LogP contribution in [0.3, 0.4) is 0 Å². The van der Waals surface area contributed by atoms with Crippen LogP contribution in [-0.2, 0) is 9.53 Å². The minimum Gasteiger partial charge on any atom is -0.444 e. The number of hydrogen-bond acceptors (Lipinski definition) is 7. The Balaban J connectivity index is 0.000000209. The third-order valence-corrected chi connectivity index (χ3v) is 10.0. The molecule has 2 atom stereocenters. The molecule has 3 aliphatic rings. The Labute approximate surface area is 276 Å². The van der Waals surface area contributed by atoms with Gasteiger partial charge >= 0.3 is 6.09 Å². The Morgan fingerprint density at radius 2 is 1.22 bits per heavy atom. The average Bonchev–Trinajstić information content (AvgIpc) is 3.69. The topological polar surface area (TPSA) is 138 Å². The van der Waals surface area contributed by atoms with Crippen LogP contribution < -0.4 is 11.5 Å². The van der Waals surface area contributed by atoms with Gasteiger partial charge in [0.2, 0.25) is 5.91 Å². The molecule has 0 bridgehead atoms. The predicted molar refractivity (Wildman–Crippen MR) is 181 cm³/mol. The number of ether oxygens (including phenoxy) is 1. The Morgan fingerprint density at radius 3 is 1.57 bits per heavy atom. The summed E-state index contributed by atoms with van der Waals surface area (Å²) in [6.07, 6.45) is 14.8. The minimum absolute atomic E-state index is 0.0191. The van der Waals surface area contributed by atoms with E-state index in [4.69, 9.17) is 16.2 Å². The highest BCUT2D eigenvalue weighted by atomic mass is 16.6. The molecule has 2 unspecified atom stereocenters. The van der Waals surface area contributed by atoms with Crippen LogP contribution in [0.4, 0.5) is 4.79 Å². The van der Waals surface area contributed by atoms with Crippen LogP contribution in [-0.4, -0.2) is 73.1 Å². The molecule has 1 aliphatic carbocycles.